The molecule has 0 N–H and O–H groups in total. The van der Waals surface area contributed by atoms with Crippen LogP contribution in [0, 0.1) is 0 Å². The van der Waals surface area contributed by atoms with Crippen LogP contribution in [-0.4, -0.2) is 71.0 Å². The molecule has 9 nitrogen and oxygen atoms in total. The van der Waals surface area contributed by atoms with E-state index in [1.807, 2.05) is 30.3 Å². The van der Waals surface area contributed by atoms with Crippen molar-refractivity contribution in [2.45, 2.75) is 56.3 Å². The Labute approximate surface area is 210 Å². The monoisotopic (exact) mass is 545 g/mol. The van der Waals surface area contributed by atoms with Gasteiger partial charge in [0.15, 0.2) is 17.7 Å². The molecule has 0 spiro atoms. The van der Waals surface area contributed by atoms with Gasteiger partial charge in [-0.1, -0.05) is 51.9 Å². The number of halogens is 1. The molecular weight excluding hydrogens is 520 g/mol. The SMILES string of the molecule is C[C@@]1(F)[C@@H]2OP(=O)(O[C@H]3CSSC[C@@H]3OCc3ccccc3)OC[C@H]2O[C@H]1N1C=CC(=O)CC1=O. The zero-order valence-corrected chi connectivity index (χ0v) is 21.3. The number of amides is 1. The van der Waals surface area contributed by atoms with Gasteiger partial charge in [0.2, 0.25) is 5.91 Å². The van der Waals surface area contributed by atoms with Crippen LogP contribution in [0.5, 0.6) is 0 Å². The van der Waals surface area contributed by atoms with Crippen molar-refractivity contribution in [3.8, 4) is 0 Å². The molecule has 1 unspecified atom stereocenters. The Morgan fingerprint density at radius 1 is 1.20 bits per heavy atom. The molecule has 0 saturated carbocycles. The van der Waals surface area contributed by atoms with Crippen LogP contribution in [0.4, 0.5) is 4.39 Å². The quantitative estimate of drug-likeness (QED) is 0.299. The largest absolute Gasteiger partial charge is 0.475 e. The highest BCUT2D eigenvalue weighted by Crippen LogP contribution is 2.60. The van der Waals surface area contributed by atoms with Gasteiger partial charge in [0.05, 0.1) is 25.7 Å². The second-order valence-corrected chi connectivity index (χ2v) is 12.9. The van der Waals surface area contributed by atoms with E-state index in [2.05, 4.69) is 0 Å². The van der Waals surface area contributed by atoms with E-state index in [9.17, 15) is 14.2 Å². The van der Waals surface area contributed by atoms with Crippen LogP contribution >= 0.6 is 29.4 Å². The number of carbonyl (C=O) groups is 2. The Bertz CT molecular complexity index is 1040. The molecular formula is C22H25FNO8PS2. The topological polar surface area (TPSA) is 101 Å². The second kappa shape index (κ2) is 10.3. The van der Waals surface area contributed by atoms with Gasteiger partial charge in [0, 0.05) is 17.7 Å². The summed E-state index contributed by atoms with van der Waals surface area (Å²) in [6, 6.07) is 9.67. The predicted molar refractivity (Wildman–Crippen MR) is 127 cm³/mol. The number of ketones is 1. The number of phosphoric acid groups is 1. The summed E-state index contributed by atoms with van der Waals surface area (Å²) in [4.78, 5) is 24.8. The summed E-state index contributed by atoms with van der Waals surface area (Å²) in [5.74, 6) is 0.150. The van der Waals surface area contributed by atoms with Gasteiger partial charge >= 0.3 is 7.82 Å². The number of phosphoric ester groups is 1. The standard InChI is InChI=1S/C22H25FNO8PS2/c1-22(23)20-16(30-21(22)24-8-7-15(25)9-19(24)26)11-29-33(27,32-20)31-18-13-35-34-12-17(18)28-10-14-5-3-2-4-6-14/h2-8,16-18,20-21H,9-13H2,1H3/t16-,17+,18+,20-,21-,22-,33?/m1/s1. The smallest absolute Gasteiger partial charge is 0.370 e. The Morgan fingerprint density at radius 2 is 1.94 bits per heavy atom. The first kappa shape index (κ1) is 25.4. The fraction of sp³-hybridized carbons (Fsp3) is 0.545. The highest BCUT2D eigenvalue weighted by Gasteiger charge is 2.63. The fourth-order valence-electron chi connectivity index (χ4n) is 4.30. The maximum atomic E-state index is 15.9. The Hall–Kier alpha value is -1.24. The molecule has 0 radical (unpaired) electrons. The molecule has 0 aliphatic carbocycles. The summed E-state index contributed by atoms with van der Waals surface area (Å²) >= 11 is 0. The maximum Gasteiger partial charge on any atom is 0.475 e. The zero-order valence-electron chi connectivity index (χ0n) is 18.8. The van der Waals surface area contributed by atoms with Gasteiger partial charge in [-0.25, -0.2) is 8.96 Å². The molecule has 0 bridgehead atoms. The Balaban J connectivity index is 1.26. The minimum absolute atomic E-state index is 0.229. The van der Waals surface area contributed by atoms with E-state index < -0.39 is 43.9 Å². The lowest BCUT2D eigenvalue weighted by atomic mass is 9.97. The molecule has 190 valence electrons. The average Bonchev–Trinajstić information content (AvgIpc) is 3.08. The molecule has 1 aromatic rings. The van der Waals surface area contributed by atoms with Crippen molar-refractivity contribution in [1.29, 1.82) is 0 Å². The van der Waals surface area contributed by atoms with Crippen molar-refractivity contribution in [3.05, 3.63) is 48.2 Å². The van der Waals surface area contributed by atoms with Crippen LogP contribution < -0.4 is 0 Å². The molecule has 3 fully saturated rings. The number of fused-ring (bicyclic) bond motifs is 1. The normalized spacial score (nSPS) is 39.6. The number of hydrogen-bond acceptors (Lipinski definition) is 10. The first-order valence-electron chi connectivity index (χ1n) is 11.1. The molecule has 3 saturated heterocycles. The number of benzene rings is 1. The van der Waals surface area contributed by atoms with Crippen molar-refractivity contribution >= 4 is 41.1 Å². The third-order valence-corrected chi connectivity index (χ3v) is 10.0. The van der Waals surface area contributed by atoms with E-state index >= 15 is 4.39 Å². The van der Waals surface area contributed by atoms with E-state index in [0.29, 0.717) is 18.1 Å². The molecule has 4 heterocycles. The highest BCUT2D eigenvalue weighted by atomic mass is 33.1. The molecule has 0 aromatic heterocycles. The summed E-state index contributed by atoms with van der Waals surface area (Å²) in [7, 11) is -0.972. The summed E-state index contributed by atoms with van der Waals surface area (Å²) in [5.41, 5.74) is -1.23. The van der Waals surface area contributed by atoms with Crippen LogP contribution in [-0.2, 0) is 43.8 Å². The first-order valence-corrected chi connectivity index (χ1v) is 15.1. The Kier molecular flexibility index (Phi) is 7.45. The lowest BCUT2D eigenvalue weighted by Gasteiger charge is -2.38. The minimum atomic E-state index is -4.15. The Morgan fingerprint density at radius 3 is 2.69 bits per heavy atom. The summed E-state index contributed by atoms with van der Waals surface area (Å²) in [6.07, 6.45) is -2.47. The third-order valence-electron chi connectivity index (χ3n) is 6.14. The summed E-state index contributed by atoms with van der Waals surface area (Å²) in [6.45, 7) is 1.35. The van der Waals surface area contributed by atoms with Gasteiger partial charge in [-0.15, -0.1) is 0 Å². The van der Waals surface area contributed by atoms with Gasteiger partial charge in [-0.3, -0.25) is 28.1 Å². The number of ether oxygens (including phenoxy) is 2. The number of carbonyl (C=O) groups excluding carboxylic acids is 2. The van der Waals surface area contributed by atoms with Gasteiger partial charge in [-0.05, 0) is 18.6 Å². The van der Waals surface area contributed by atoms with Crippen LogP contribution in [0.15, 0.2) is 42.6 Å². The lowest BCUT2D eigenvalue weighted by Crippen LogP contribution is -2.52. The van der Waals surface area contributed by atoms with Crippen LogP contribution in [0.1, 0.15) is 18.9 Å². The fourth-order valence-corrected chi connectivity index (χ4v) is 8.50. The van der Waals surface area contributed by atoms with Gasteiger partial charge in [0.25, 0.3) is 0 Å². The van der Waals surface area contributed by atoms with E-state index in [0.717, 1.165) is 10.5 Å². The number of hydrogen-bond donors (Lipinski definition) is 0. The van der Waals surface area contributed by atoms with Crippen LogP contribution in [0.2, 0.25) is 0 Å². The molecule has 13 heteroatoms. The highest BCUT2D eigenvalue weighted by molar-refractivity contribution is 8.76. The third kappa shape index (κ3) is 5.40. The second-order valence-electron chi connectivity index (χ2n) is 8.75. The number of allylic oxidation sites excluding steroid dienone is 1. The van der Waals surface area contributed by atoms with Crippen molar-refractivity contribution in [1.82, 2.24) is 4.90 Å². The zero-order chi connectivity index (χ0) is 24.6. The average molecular weight is 546 g/mol. The minimum Gasteiger partial charge on any atom is -0.370 e. The number of rotatable bonds is 6. The first-order chi connectivity index (χ1) is 16.7. The summed E-state index contributed by atoms with van der Waals surface area (Å²) < 4.78 is 58.0. The van der Waals surface area contributed by atoms with E-state index in [-0.39, 0.29) is 24.9 Å². The molecule has 35 heavy (non-hydrogen) atoms. The molecule has 4 aliphatic heterocycles. The van der Waals surface area contributed by atoms with Gasteiger partial charge < -0.3 is 9.47 Å². The predicted octanol–water partition coefficient (Wildman–Crippen LogP) is 3.64. The maximum absolute atomic E-state index is 15.9. The molecule has 4 aliphatic rings. The summed E-state index contributed by atoms with van der Waals surface area (Å²) in [5, 5.41) is 0. The van der Waals surface area contributed by atoms with Crippen molar-refractivity contribution in [3.63, 3.8) is 0 Å². The molecule has 1 aromatic carbocycles. The van der Waals surface area contributed by atoms with E-state index in [1.165, 1.54) is 19.2 Å². The lowest BCUT2D eigenvalue weighted by molar-refractivity contribution is -0.150. The molecule has 5 rings (SSSR count). The van der Waals surface area contributed by atoms with Crippen molar-refractivity contribution in [2.75, 3.05) is 18.1 Å². The van der Waals surface area contributed by atoms with Gasteiger partial charge in [-0.2, -0.15) is 0 Å². The van der Waals surface area contributed by atoms with E-state index in [1.54, 1.807) is 21.6 Å². The van der Waals surface area contributed by atoms with Crippen molar-refractivity contribution in [2.24, 2.45) is 0 Å². The van der Waals surface area contributed by atoms with Crippen LogP contribution in [0.25, 0.3) is 0 Å². The number of nitrogens with zero attached hydrogens (tertiary/aromatic N) is 1. The molecule has 7 atom stereocenters. The van der Waals surface area contributed by atoms with E-state index in [4.69, 9.17) is 23.0 Å². The van der Waals surface area contributed by atoms with Gasteiger partial charge in [0.1, 0.15) is 18.3 Å². The molecule has 1 amide bonds. The number of alkyl halides is 1. The van der Waals surface area contributed by atoms with Crippen LogP contribution in [0.3, 0.4) is 0 Å². The van der Waals surface area contributed by atoms with Crippen molar-refractivity contribution < 1.29 is 41.6 Å².